The van der Waals surface area contributed by atoms with Crippen LogP contribution in [0.2, 0.25) is 10.0 Å². The molecule has 0 radical (unpaired) electrons. The van der Waals surface area contributed by atoms with Crippen LogP contribution in [0, 0.1) is 0 Å². The van der Waals surface area contributed by atoms with Gasteiger partial charge in [-0.2, -0.15) is 0 Å². The van der Waals surface area contributed by atoms with Gasteiger partial charge in [0, 0.05) is 51.0 Å². The molecule has 2 aliphatic heterocycles. The van der Waals surface area contributed by atoms with E-state index in [1.165, 1.54) is 17.8 Å². The fraction of sp³-hybridized carbons (Fsp3) is 0.478. The molecule has 0 aliphatic carbocycles. The highest BCUT2D eigenvalue weighted by Gasteiger charge is 2.30. The summed E-state index contributed by atoms with van der Waals surface area (Å²) in [6.07, 6.45) is 4.67. The maximum absolute atomic E-state index is 13.0. The minimum atomic E-state index is -0.587. The Bertz CT molecular complexity index is 1220. The van der Waals surface area contributed by atoms with Crippen LogP contribution >= 0.6 is 23.2 Å². The normalized spacial score (nSPS) is 17.4. The van der Waals surface area contributed by atoms with Crippen molar-refractivity contribution in [2.75, 3.05) is 26.2 Å². The van der Waals surface area contributed by atoms with E-state index in [0.717, 1.165) is 24.0 Å². The van der Waals surface area contributed by atoms with Crippen LogP contribution in [0.15, 0.2) is 34.0 Å². The van der Waals surface area contributed by atoms with Gasteiger partial charge in [0.15, 0.2) is 0 Å². The van der Waals surface area contributed by atoms with Crippen LogP contribution in [0.5, 0.6) is 0 Å². The molecule has 4 rings (SSSR count). The third-order valence-corrected chi connectivity index (χ3v) is 7.34. The number of piperidine rings is 1. The second kappa shape index (κ2) is 10.2. The molecule has 3 amide bonds. The molecule has 2 aliphatic rings. The lowest BCUT2D eigenvalue weighted by atomic mass is 10.0. The number of carbonyl (C=O) groups excluding carboxylic acids is 2. The maximum atomic E-state index is 13.0. The minimum Gasteiger partial charge on any atom is -0.341 e. The molecule has 0 bridgehead atoms. The largest absolute Gasteiger partial charge is 0.341 e. The van der Waals surface area contributed by atoms with Crippen LogP contribution in [-0.2, 0) is 18.4 Å². The third-order valence-electron chi connectivity index (χ3n) is 6.52. The molecular formula is C23H27Cl2N5O4. The van der Waals surface area contributed by atoms with E-state index in [4.69, 9.17) is 23.2 Å². The van der Waals surface area contributed by atoms with Gasteiger partial charge in [0.2, 0.25) is 5.91 Å². The first kappa shape index (κ1) is 24.3. The summed E-state index contributed by atoms with van der Waals surface area (Å²) in [6, 6.07) is 4.98. The van der Waals surface area contributed by atoms with E-state index >= 15 is 0 Å². The number of hydrogen-bond donors (Lipinski definition) is 1. The summed E-state index contributed by atoms with van der Waals surface area (Å²) in [5.74, 6) is -0.220. The molecule has 11 heteroatoms. The Morgan fingerprint density at radius 1 is 1.06 bits per heavy atom. The zero-order valence-electron chi connectivity index (χ0n) is 18.9. The topological polar surface area (TPSA) is 96.7 Å². The van der Waals surface area contributed by atoms with Crippen LogP contribution in [0.4, 0.5) is 4.79 Å². The molecule has 182 valence electrons. The molecule has 1 aromatic heterocycles. The molecule has 0 atom stereocenters. The second-order valence-electron chi connectivity index (χ2n) is 8.66. The minimum absolute atomic E-state index is 0.0359. The van der Waals surface area contributed by atoms with Crippen molar-refractivity contribution in [2.24, 2.45) is 7.05 Å². The molecule has 2 saturated heterocycles. The molecular weight excluding hydrogens is 481 g/mol. The smallest absolute Gasteiger partial charge is 0.331 e. The van der Waals surface area contributed by atoms with Crippen molar-refractivity contribution >= 4 is 35.1 Å². The summed E-state index contributed by atoms with van der Waals surface area (Å²) in [5, 5.41) is 3.42. The summed E-state index contributed by atoms with van der Waals surface area (Å²) < 4.78 is 2.19. The molecule has 3 heterocycles. The van der Waals surface area contributed by atoms with E-state index in [-0.39, 0.29) is 40.1 Å². The number of nitrogens with zero attached hydrogens (tertiary/aromatic N) is 4. The molecule has 0 saturated carbocycles. The van der Waals surface area contributed by atoms with Gasteiger partial charge in [-0.15, -0.1) is 0 Å². The number of amides is 3. The van der Waals surface area contributed by atoms with Crippen LogP contribution in [0.25, 0.3) is 11.1 Å². The highest BCUT2D eigenvalue weighted by molar-refractivity contribution is 6.43. The Balaban J connectivity index is 1.50. The lowest BCUT2D eigenvalue weighted by Crippen LogP contribution is -2.51. The maximum Gasteiger partial charge on any atom is 0.331 e. The molecule has 1 aromatic carbocycles. The number of hydrogen-bond acceptors (Lipinski definition) is 4. The van der Waals surface area contributed by atoms with Gasteiger partial charge in [-0.05, 0) is 31.7 Å². The van der Waals surface area contributed by atoms with Crippen LogP contribution in [0.3, 0.4) is 0 Å². The Hall–Kier alpha value is -2.78. The number of aromatic nitrogens is 2. The van der Waals surface area contributed by atoms with Crippen molar-refractivity contribution in [2.45, 2.75) is 38.3 Å². The Labute approximate surface area is 206 Å². The number of likely N-dealkylation sites (tertiary alicyclic amines) is 1. The van der Waals surface area contributed by atoms with Gasteiger partial charge in [-0.3, -0.25) is 18.7 Å². The molecule has 2 aromatic rings. The first-order valence-electron chi connectivity index (χ1n) is 11.3. The third kappa shape index (κ3) is 4.86. The first-order chi connectivity index (χ1) is 16.3. The van der Waals surface area contributed by atoms with Crippen molar-refractivity contribution in [1.29, 1.82) is 0 Å². The summed E-state index contributed by atoms with van der Waals surface area (Å²) in [5.41, 5.74) is -0.522. The van der Waals surface area contributed by atoms with Crippen molar-refractivity contribution in [1.82, 2.24) is 24.3 Å². The number of benzene rings is 1. The van der Waals surface area contributed by atoms with Crippen molar-refractivity contribution < 1.29 is 9.59 Å². The monoisotopic (exact) mass is 507 g/mol. The highest BCUT2D eigenvalue weighted by Crippen LogP contribution is 2.31. The molecule has 0 spiro atoms. The number of nitrogens with one attached hydrogen (secondary N) is 1. The van der Waals surface area contributed by atoms with Crippen LogP contribution in [-0.4, -0.2) is 63.1 Å². The van der Waals surface area contributed by atoms with Crippen LogP contribution < -0.4 is 16.6 Å². The van der Waals surface area contributed by atoms with Gasteiger partial charge in [0.25, 0.3) is 5.56 Å². The number of halogens is 2. The van der Waals surface area contributed by atoms with E-state index < -0.39 is 11.2 Å². The fourth-order valence-electron chi connectivity index (χ4n) is 4.56. The quantitative estimate of drug-likeness (QED) is 0.686. The van der Waals surface area contributed by atoms with Crippen molar-refractivity contribution in [3.8, 4) is 11.1 Å². The van der Waals surface area contributed by atoms with E-state index in [9.17, 15) is 19.2 Å². The van der Waals surface area contributed by atoms with Crippen molar-refractivity contribution in [3.63, 3.8) is 0 Å². The lowest BCUT2D eigenvalue weighted by molar-refractivity contribution is -0.133. The van der Waals surface area contributed by atoms with E-state index in [2.05, 4.69) is 5.32 Å². The summed E-state index contributed by atoms with van der Waals surface area (Å²) >= 11 is 12.4. The molecule has 1 N–H and O–H groups in total. The zero-order chi connectivity index (χ0) is 24.4. The second-order valence-corrected chi connectivity index (χ2v) is 9.45. The summed E-state index contributed by atoms with van der Waals surface area (Å²) in [4.78, 5) is 54.4. The zero-order valence-corrected chi connectivity index (χ0v) is 20.4. The lowest BCUT2D eigenvalue weighted by Gasteiger charge is -2.38. The average molecular weight is 508 g/mol. The van der Waals surface area contributed by atoms with E-state index in [1.807, 2.05) is 4.90 Å². The molecule has 0 unspecified atom stereocenters. The van der Waals surface area contributed by atoms with Crippen LogP contribution in [0.1, 0.15) is 25.7 Å². The van der Waals surface area contributed by atoms with Gasteiger partial charge in [-0.25, -0.2) is 9.59 Å². The Morgan fingerprint density at radius 3 is 2.53 bits per heavy atom. The Morgan fingerprint density at radius 2 is 1.79 bits per heavy atom. The molecule has 9 nitrogen and oxygen atoms in total. The predicted octanol–water partition coefficient (Wildman–Crippen LogP) is 2.32. The predicted molar refractivity (Wildman–Crippen MR) is 130 cm³/mol. The van der Waals surface area contributed by atoms with Gasteiger partial charge >= 0.3 is 11.7 Å². The van der Waals surface area contributed by atoms with E-state index in [1.54, 1.807) is 23.1 Å². The molecule has 34 heavy (non-hydrogen) atoms. The number of urea groups is 1. The van der Waals surface area contributed by atoms with Crippen molar-refractivity contribution in [3.05, 3.63) is 55.3 Å². The van der Waals surface area contributed by atoms with Gasteiger partial charge in [-0.1, -0.05) is 35.3 Å². The number of carbonyl (C=O) groups is 2. The highest BCUT2D eigenvalue weighted by atomic mass is 35.5. The van der Waals surface area contributed by atoms with Gasteiger partial charge < -0.3 is 15.1 Å². The summed E-state index contributed by atoms with van der Waals surface area (Å²) in [6.45, 7) is 2.23. The average Bonchev–Trinajstić information content (AvgIpc) is 3.05. The molecule has 2 fully saturated rings. The SMILES string of the molecule is Cn1c(=O)c(-c2cccc(Cl)c2Cl)cn(CC(=O)N2CCC(N3CCCCNC3=O)CC2)c1=O. The van der Waals surface area contributed by atoms with E-state index in [0.29, 0.717) is 38.0 Å². The number of rotatable bonds is 4. The fourth-order valence-corrected chi connectivity index (χ4v) is 4.97. The summed E-state index contributed by atoms with van der Waals surface area (Å²) in [7, 11) is 1.37. The Kier molecular flexibility index (Phi) is 7.33. The van der Waals surface area contributed by atoms with Gasteiger partial charge in [0.1, 0.15) is 6.54 Å². The van der Waals surface area contributed by atoms with Gasteiger partial charge in [0.05, 0.1) is 15.6 Å². The standard InChI is InChI=1S/C23H27Cl2N5O4/c1-27-21(32)17(16-5-4-6-18(24)20(16)25)13-29(23(27)34)14-19(31)28-11-7-15(8-12-28)30-10-3-2-9-26-22(30)33/h4-6,13,15H,2-3,7-12,14H2,1H3,(H,26,33). The first-order valence-corrected chi connectivity index (χ1v) is 12.1.